The molecule has 0 unspecified atom stereocenters. The van der Waals surface area contributed by atoms with E-state index in [1.165, 1.54) is 13.2 Å². The minimum Gasteiger partial charge on any atom is -0.465 e. The Morgan fingerprint density at radius 3 is 2.81 bits per heavy atom. The van der Waals surface area contributed by atoms with Gasteiger partial charge in [0.15, 0.2) is 5.58 Å². The quantitative estimate of drug-likeness (QED) is 0.651. The average molecular weight is 350 g/mol. The molecule has 21 heavy (non-hydrogen) atoms. The van der Waals surface area contributed by atoms with Gasteiger partial charge in [-0.15, -0.1) is 0 Å². The number of oxazole rings is 1. The molecule has 0 bridgehead atoms. The van der Waals surface area contributed by atoms with Crippen molar-refractivity contribution in [1.29, 1.82) is 0 Å². The molecule has 1 heterocycles. The third kappa shape index (κ3) is 2.54. The number of fused-ring (bicyclic) bond motifs is 1. The van der Waals surface area contributed by atoms with Gasteiger partial charge in [-0.3, -0.25) is 0 Å². The van der Waals surface area contributed by atoms with E-state index in [9.17, 15) is 9.18 Å². The Morgan fingerprint density at radius 1 is 1.29 bits per heavy atom. The third-order valence-electron chi connectivity index (χ3n) is 2.97. The molecule has 0 atom stereocenters. The van der Waals surface area contributed by atoms with Crippen LogP contribution in [0.2, 0.25) is 0 Å². The molecule has 2 aromatic carbocycles. The highest BCUT2D eigenvalue weighted by Gasteiger charge is 2.14. The lowest BCUT2D eigenvalue weighted by molar-refractivity contribution is 0.0601. The number of esters is 1. The Labute approximate surface area is 127 Å². The Balaban J connectivity index is 2.10. The third-order valence-corrected chi connectivity index (χ3v) is 3.46. The summed E-state index contributed by atoms with van der Waals surface area (Å²) < 4.78 is 24.7. The summed E-state index contributed by atoms with van der Waals surface area (Å²) in [6.07, 6.45) is 0. The molecular formula is C15H9BrFNO3. The summed E-state index contributed by atoms with van der Waals surface area (Å²) in [7, 11) is 1.30. The van der Waals surface area contributed by atoms with E-state index in [1.807, 2.05) is 0 Å². The molecule has 0 aliphatic heterocycles. The highest BCUT2D eigenvalue weighted by atomic mass is 79.9. The number of aromatic nitrogens is 1. The van der Waals surface area contributed by atoms with Gasteiger partial charge in [0.2, 0.25) is 5.89 Å². The number of methoxy groups -OCH3 is 1. The highest BCUT2D eigenvalue weighted by molar-refractivity contribution is 9.10. The van der Waals surface area contributed by atoms with Crippen LogP contribution in [0.25, 0.3) is 22.6 Å². The number of carbonyl (C=O) groups is 1. The molecule has 0 spiro atoms. The molecule has 106 valence electrons. The summed E-state index contributed by atoms with van der Waals surface area (Å²) >= 11 is 3.19. The van der Waals surface area contributed by atoms with Crippen molar-refractivity contribution in [3.8, 4) is 11.5 Å². The number of rotatable bonds is 2. The number of benzene rings is 2. The zero-order valence-corrected chi connectivity index (χ0v) is 12.5. The molecule has 0 saturated heterocycles. The number of ether oxygens (including phenoxy) is 1. The molecular weight excluding hydrogens is 341 g/mol. The van der Waals surface area contributed by atoms with Crippen molar-refractivity contribution in [2.75, 3.05) is 7.11 Å². The molecule has 3 aromatic rings. The molecule has 0 amide bonds. The van der Waals surface area contributed by atoms with Crippen molar-refractivity contribution >= 4 is 33.0 Å². The van der Waals surface area contributed by atoms with Gasteiger partial charge in [0.05, 0.1) is 18.2 Å². The van der Waals surface area contributed by atoms with Gasteiger partial charge in [0.25, 0.3) is 0 Å². The number of nitrogens with zero attached hydrogens (tertiary/aromatic N) is 1. The number of carbonyl (C=O) groups excluding carboxylic acids is 1. The van der Waals surface area contributed by atoms with Crippen molar-refractivity contribution in [2.24, 2.45) is 0 Å². The van der Waals surface area contributed by atoms with Crippen LogP contribution in [0.5, 0.6) is 0 Å². The summed E-state index contributed by atoms with van der Waals surface area (Å²) in [5.74, 6) is -0.739. The largest absolute Gasteiger partial charge is 0.465 e. The fourth-order valence-electron chi connectivity index (χ4n) is 1.95. The SMILES string of the molecule is COC(=O)c1ccc2oc(-c3ccc(Br)cc3F)nc2c1. The second-order valence-electron chi connectivity index (χ2n) is 4.32. The van der Waals surface area contributed by atoms with E-state index in [0.717, 1.165) is 0 Å². The predicted molar refractivity (Wildman–Crippen MR) is 78.4 cm³/mol. The van der Waals surface area contributed by atoms with Crippen LogP contribution < -0.4 is 0 Å². The van der Waals surface area contributed by atoms with Crippen LogP contribution in [0.3, 0.4) is 0 Å². The van der Waals surface area contributed by atoms with E-state index in [-0.39, 0.29) is 11.5 Å². The summed E-state index contributed by atoms with van der Waals surface area (Å²) in [4.78, 5) is 15.7. The van der Waals surface area contributed by atoms with Gasteiger partial charge in [-0.2, -0.15) is 0 Å². The van der Waals surface area contributed by atoms with Gasteiger partial charge < -0.3 is 9.15 Å². The summed E-state index contributed by atoms with van der Waals surface area (Å²) in [6.45, 7) is 0. The van der Waals surface area contributed by atoms with E-state index < -0.39 is 11.8 Å². The zero-order valence-electron chi connectivity index (χ0n) is 10.9. The fraction of sp³-hybridized carbons (Fsp3) is 0.0667. The van der Waals surface area contributed by atoms with E-state index in [2.05, 4.69) is 25.7 Å². The minimum atomic E-state index is -0.462. The van der Waals surface area contributed by atoms with Crippen LogP contribution in [0.1, 0.15) is 10.4 Å². The van der Waals surface area contributed by atoms with Gasteiger partial charge in [-0.25, -0.2) is 14.2 Å². The summed E-state index contributed by atoms with van der Waals surface area (Å²) in [5, 5.41) is 0. The van der Waals surface area contributed by atoms with Crippen LogP contribution in [0, 0.1) is 5.82 Å². The summed E-state index contributed by atoms with van der Waals surface area (Å²) in [5.41, 5.74) is 1.56. The maximum absolute atomic E-state index is 13.9. The standard InChI is InChI=1S/C15H9BrFNO3/c1-20-15(19)8-2-5-13-12(6-8)18-14(21-13)10-4-3-9(16)7-11(10)17/h2-7H,1H3. The van der Waals surface area contributed by atoms with Crippen LogP contribution in [-0.2, 0) is 4.74 Å². The van der Waals surface area contributed by atoms with Gasteiger partial charge >= 0.3 is 5.97 Å². The van der Waals surface area contributed by atoms with Crippen LogP contribution >= 0.6 is 15.9 Å². The van der Waals surface area contributed by atoms with Crippen molar-refractivity contribution in [3.63, 3.8) is 0 Å². The van der Waals surface area contributed by atoms with Gasteiger partial charge in [0, 0.05) is 4.47 Å². The first-order valence-electron chi connectivity index (χ1n) is 6.03. The molecule has 0 fully saturated rings. The van der Waals surface area contributed by atoms with E-state index in [4.69, 9.17) is 4.42 Å². The monoisotopic (exact) mass is 349 g/mol. The lowest BCUT2D eigenvalue weighted by Crippen LogP contribution is -2.00. The lowest BCUT2D eigenvalue weighted by Gasteiger charge is -1.97. The topological polar surface area (TPSA) is 52.3 Å². The first-order valence-corrected chi connectivity index (χ1v) is 6.82. The Morgan fingerprint density at radius 2 is 2.10 bits per heavy atom. The van der Waals surface area contributed by atoms with E-state index in [1.54, 1.807) is 30.3 Å². The fourth-order valence-corrected chi connectivity index (χ4v) is 2.28. The van der Waals surface area contributed by atoms with Gasteiger partial charge in [-0.1, -0.05) is 15.9 Å². The van der Waals surface area contributed by atoms with Gasteiger partial charge in [-0.05, 0) is 36.4 Å². The first-order chi connectivity index (χ1) is 10.1. The molecule has 0 N–H and O–H groups in total. The predicted octanol–water partition coefficient (Wildman–Crippen LogP) is 4.18. The minimum absolute atomic E-state index is 0.164. The highest BCUT2D eigenvalue weighted by Crippen LogP contribution is 2.28. The molecule has 1 aromatic heterocycles. The summed E-state index contributed by atoms with van der Waals surface area (Å²) in [6, 6.07) is 9.34. The van der Waals surface area contributed by atoms with Crippen molar-refractivity contribution in [3.05, 3.63) is 52.3 Å². The number of hydrogen-bond donors (Lipinski definition) is 0. The second kappa shape index (κ2) is 5.29. The van der Waals surface area contributed by atoms with Crippen LogP contribution in [0.15, 0.2) is 45.3 Å². The van der Waals surface area contributed by atoms with E-state index >= 15 is 0 Å². The molecule has 6 heteroatoms. The number of hydrogen-bond acceptors (Lipinski definition) is 4. The lowest BCUT2D eigenvalue weighted by atomic mass is 10.2. The second-order valence-corrected chi connectivity index (χ2v) is 5.23. The van der Waals surface area contributed by atoms with Gasteiger partial charge in [0.1, 0.15) is 11.3 Å². The Hall–Kier alpha value is -2.21. The van der Waals surface area contributed by atoms with E-state index in [0.29, 0.717) is 21.1 Å². The molecule has 4 nitrogen and oxygen atoms in total. The molecule has 0 aliphatic rings. The maximum Gasteiger partial charge on any atom is 0.337 e. The van der Waals surface area contributed by atoms with Crippen LogP contribution in [0.4, 0.5) is 4.39 Å². The van der Waals surface area contributed by atoms with Crippen molar-refractivity contribution in [1.82, 2.24) is 4.98 Å². The molecule has 3 rings (SSSR count). The smallest absolute Gasteiger partial charge is 0.337 e. The normalized spacial score (nSPS) is 10.8. The Kier molecular flexibility index (Phi) is 3.47. The number of halogens is 2. The molecule has 0 aliphatic carbocycles. The van der Waals surface area contributed by atoms with Crippen LogP contribution in [-0.4, -0.2) is 18.1 Å². The Bertz CT molecular complexity index is 844. The molecule has 0 radical (unpaired) electrons. The molecule has 0 saturated carbocycles. The maximum atomic E-state index is 13.9. The van der Waals surface area contributed by atoms with Crippen molar-refractivity contribution in [2.45, 2.75) is 0 Å². The average Bonchev–Trinajstić information content (AvgIpc) is 2.88. The first kappa shape index (κ1) is 13.8. The zero-order chi connectivity index (χ0) is 15.0. The van der Waals surface area contributed by atoms with Crippen molar-refractivity contribution < 1.29 is 18.3 Å².